The molecule has 2 rings (SSSR count). The summed E-state index contributed by atoms with van der Waals surface area (Å²) < 4.78 is 18.8. The van der Waals surface area contributed by atoms with Crippen LogP contribution < -0.4 is 20.7 Å². The van der Waals surface area contributed by atoms with Crippen LogP contribution in [0.4, 0.5) is 15.8 Å². The number of hydrogen-bond donors (Lipinski definition) is 3. The molecule has 2 aromatic carbocycles. The van der Waals surface area contributed by atoms with Crippen LogP contribution in [0.3, 0.4) is 0 Å². The smallest absolute Gasteiger partial charge is 0.239 e. The number of anilines is 2. The fraction of sp³-hybridized carbons (Fsp3) is 0.222. The molecule has 0 unspecified atom stereocenters. The van der Waals surface area contributed by atoms with Crippen LogP contribution in [0, 0.1) is 5.82 Å². The third kappa shape index (κ3) is 5.80. The standard InChI is InChI=1S/C18H20FN3O3/c1-12(23)22-14-5-8-16(19)17(9-14)20-11-18(24)21-10-13-3-6-15(25-2)7-4-13/h3-9,20H,10-11H2,1-2H3,(H,21,24)(H,22,23). The van der Waals surface area contributed by atoms with Crippen LogP contribution in [0.5, 0.6) is 5.75 Å². The van der Waals surface area contributed by atoms with Crippen molar-refractivity contribution in [3.05, 3.63) is 53.8 Å². The molecule has 2 aromatic rings. The van der Waals surface area contributed by atoms with E-state index in [-0.39, 0.29) is 24.0 Å². The molecule has 25 heavy (non-hydrogen) atoms. The molecule has 0 heterocycles. The number of benzene rings is 2. The molecule has 7 heteroatoms. The minimum atomic E-state index is -0.503. The van der Waals surface area contributed by atoms with Gasteiger partial charge >= 0.3 is 0 Å². The Hall–Kier alpha value is -3.09. The molecule has 2 amide bonds. The number of methoxy groups -OCH3 is 1. The van der Waals surface area contributed by atoms with Crippen molar-refractivity contribution in [2.24, 2.45) is 0 Å². The molecule has 3 N–H and O–H groups in total. The Morgan fingerprint density at radius 1 is 1.12 bits per heavy atom. The first-order valence-corrected chi connectivity index (χ1v) is 7.68. The van der Waals surface area contributed by atoms with Crippen molar-refractivity contribution in [2.45, 2.75) is 13.5 Å². The van der Waals surface area contributed by atoms with Gasteiger partial charge in [0.2, 0.25) is 11.8 Å². The number of rotatable bonds is 7. The number of carbonyl (C=O) groups is 2. The lowest BCUT2D eigenvalue weighted by molar-refractivity contribution is -0.119. The normalized spacial score (nSPS) is 10.0. The Bertz CT molecular complexity index is 748. The largest absolute Gasteiger partial charge is 0.497 e. The van der Waals surface area contributed by atoms with Gasteiger partial charge in [-0.25, -0.2) is 4.39 Å². The van der Waals surface area contributed by atoms with Crippen molar-refractivity contribution < 1.29 is 18.7 Å². The number of nitrogens with one attached hydrogen (secondary N) is 3. The molecule has 0 spiro atoms. The number of amides is 2. The molecule has 0 radical (unpaired) electrons. The Morgan fingerprint density at radius 3 is 2.48 bits per heavy atom. The average Bonchev–Trinajstić information content (AvgIpc) is 2.60. The van der Waals surface area contributed by atoms with Crippen LogP contribution in [-0.2, 0) is 16.1 Å². The fourth-order valence-corrected chi connectivity index (χ4v) is 2.12. The first kappa shape index (κ1) is 18.3. The minimum Gasteiger partial charge on any atom is -0.497 e. The second kappa shape index (κ2) is 8.68. The summed E-state index contributed by atoms with van der Waals surface area (Å²) in [6, 6.07) is 11.4. The highest BCUT2D eigenvalue weighted by Gasteiger charge is 2.07. The number of halogens is 1. The summed E-state index contributed by atoms with van der Waals surface area (Å²) in [5.74, 6) is -0.293. The first-order valence-electron chi connectivity index (χ1n) is 7.68. The number of ether oxygens (including phenoxy) is 1. The molecule has 0 aliphatic heterocycles. The van der Waals surface area contributed by atoms with Gasteiger partial charge in [0.05, 0.1) is 19.3 Å². The van der Waals surface area contributed by atoms with Gasteiger partial charge < -0.3 is 20.7 Å². The Balaban J connectivity index is 1.85. The molecular weight excluding hydrogens is 325 g/mol. The number of carbonyl (C=O) groups excluding carboxylic acids is 2. The van der Waals surface area contributed by atoms with E-state index >= 15 is 0 Å². The number of hydrogen-bond acceptors (Lipinski definition) is 4. The van der Waals surface area contributed by atoms with Crippen LogP contribution in [0.25, 0.3) is 0 Å². The Kier molecular flexibility index (Phi) is 6.33. The van der Waals surface area contributed by atoms with E-state index in [1.807, 2.05) is 24.3 Å². The summed E-state index contributed by atoms with van der Waals surface area (Å²) in [6.45, 7) is 1.64. The molecule has 132 valence electrons. The SMILES string of the molecule is COc1ccc(CNC(=O)CNc2cc(NC(C)=O)ccc2F)cc1. The predicted molar refractivity (Wildman–Crippen MR) is 94.0 cm³/mol. The van der Waals surface area contributed by atoms with Gasteiger partial charge in [0.25, 0.3) is 0 Å². The van der Waals surface area contributed by atoms with Crippen molar-refractivity contribution in [3.8, 4) is 5.75 Å². The van der Waals surface area contributed by atoms with Crippen LogP contribution in [0.2, 0.25) is 0 Å². The molecule has 0 aliphatic rings. The van der Waals surface area contributed by atoms with E-state index in [0.717, 1.165) is 11.3 Å². The van der Waals surface area contributed by atoms with E-state index in [9.17, 15) is 14.0 Å². The van der Waals surface area contributed by atoms with Gasteiger partial charge in [-0.15, -0.1) is 0 Å². The molecule has 0 atom stereocenters. The highest BCUT2D eigenvalue weighted by molar-refractivity contribution is 5.89. The summed E-state index contributed by atoms with van der Waals surface area (Å²) in [5.41, 5.74) is 1.52. The highest BCUT2D eigenvalue weighted by atomic mass is 19.1. The Labute approximate surface area is 145 Å². The van der Waals surface area contributed by atoms with E-state index in [1.54, 1.807) is 7.11 Å². The van der Waals surface area contributed by atoms with Gasteiger partial charge in [-0.2, -0.15) is 0 Å². The summed E-state index contributed by atoms with van der Waals surface area (Å²) in [5, 5.41) is 8.02. The lowest BCUT2D eigenvalue weighted by atomic mass is 10.2. The zero-order valence-electron chi connectivity index (χ0n) is 14.1. The third-order valence-electron chi connectivity index (χ3n) is 3.37. The zero-order valence-corrected chi connectivity index (χ0v) is 14.1. The molecule has 0 saturated carbocycles. The van der Waals surface area contributed by atoms with Crippen LogP contribution in [0.1, 0.15) is 12.5 Å². The molecule has 6 nitrogen and oxygen atoms in total. The molecule has 0 aliphatic carbocycles. The maximum Gasteiger partial charge on any atom is 0.239 e. The predicted octanol–water partition coefficient (Wildman–Crippen LogP) is 2.52. The van der Waals surface area contributed by atoms with E-state index in [0.29, 0.717) is 12.2 Å². The molecule has 0 fully saturated rings. The monoisotopic (exact) mass is 345 g/mol. The summed E-state index contributed by atoms with van der Waals surface area (Å²) in [7, 11) is 1.59. The molecule has 0 aromatic heterocycles. The fourth-order valence-electron chi connectivity index (χ4n) is 2.12. The molecule has 0 saturated heterocycles. The quantitative estimate of drug-likeness (QED) is 0.720. The molecular formula is C18H20FN3O3. The van der Waals surface area contributed by atoms with Gasteiger partial charge in [0.15, 0.2) is 0 Å². The van der Waals surface area contributed by atoms with Crippen LogP contribution >= 0.6 is 0 Å². The summed E-state index contributed by atoms with van der Waals surface area (Å²) >= 11 is 0. The van der Waals surface area contributed by atoms with E-state index in [1.165, 1.54) is 25.1 Å². The van der Waals surface area contributed by atoms with Crippen molar-refractivity contribution in [3.63, 3.8) is 0 Å². The zero-order chi connectivity index (χ0) is 18.2. The van der Waals surface area contributed by atoms with Gasteiger partial charge in [0.1, 0.15) is 11.6 Å². The van der Waals surface area contributed by atoms with E-state index in [2.05, 4.69) is 16.0 Å². The van der Waals surface area contributed by atoms with Crippen molar-refractivity contribution in [1.29, 1.82) is 0 Å². The second-order valence-corrected chi connectivity index (χ2v) is 5.35. The summed E-state index contributed by atoms with van der Waals surface area (Å²) in [6.07, 6.45) is 0. The molecule has 0 bridgehead atoms. The minimum absolute atomic E-state index is 0.0867. The van der Waals surface area contributed by atoms with Crippen molar-refractivity contribution in [2.75, 3.05) is 24.3 Å². The second-order valence-electron chi connectivity index (χ2n) is 5.35. The van der Waals surface area contributed by atoms with Crippen molar-refractivity contribution >= 4 is 23.2 Å². The van der Waals surface area contributed by atoms with Gasteiger partial charge in [-0.1, -0.05) is 12.1 Å². The van der Waals surface area contributed by atoms with Gasteiger partial charge in [-0.3, -0.25) is 9.59 Å². The van der Waals surface area contributed by atoms with E-state index < -0.39 is 5.82 Å². The van der Waals surface area contributed by atoms with Gasteiger partial charge in [-0.05, 0) is 35.9 Å². The Morgan fingerprint density at radius 2 is 1.84 bits per heavy atom. The average molecular weight is 345 g/mol. The maximum atomic E-state index is 13.8. The third-order valence-corrected chi connectivity index (χ3v) is 3.37. The highest BCUT2D eigenvalue weighted by Crippen LogP contribution is 2.19. The summed E-state index contributed by atoms with van der Waals surface area (Å²) in [4.78, 5) is 22.9. The lowest BCUT2D eigenvalue weighted by Gasteiger charge is -2.11. The van der Waals surface area contributed by atoms with Crippen LogP contribution in [-0.4, -0.2) is 25.5 Å². The lowest BCUT2D eigenvalue weighted by Crippen LogP contribution is -2.29. The first-order chi connectivity index (χ1) is 12.0. The maximum absolute atomic E-state index is 13.8. The topological polar surface area (TPSA) is 79.5 Å². The van der Waals surface area contributed by atoms with Gasteiger partial charge in [0, 0.05) is 19.2 Å². The van der Waals surface area contributed by atoms with E-state index in [4.69, 9.17) is 4.74 Å². The van der Waals surface area contributed by atoms with Crippen molar-refractivity contribution in [1.82, 2.24) is 5.32 Å². The van der Waals surface area contributed by atoms with Crippen LogP contribution in [0.15, 0.2) is 42.5 Å².